The lowest BCUT2D eigenvalue weighted by molar-refractivity contribution is -0.120. The highest BCUT2D eigenvalue weighted by molar-refractivity contribution is 8.00. The van der Waals surface area contributed by atoms with E-state index in [0.717, 1.165) is 20.8 Å². The molecule has 22 heavy (non-hydrogen) atoms. The summed E-state index contributed by atoms with van der Waals surface area (Å²) in [5.74, 6) is -0.377. The number of aryl methyl sites for hydroxylation is 2. The molecule has 3 amide bonds. The Bertz CT molecular complexity index is 727. The van der Waals surface area contributed by atoms with Gasteiger partial charge in [0, 0.05) is 10.3 Å². The number of rotatable bonds is 4. The number of aromatic nitrogens is 2. The minimum Gasteiger partial charge on any atom is -0.351 e. The summed E-state index contributed by atoms with van der Waals surface area (Å²) < 4.78 is 0. The van der Waals surface area contributed by atoms with E-state index in [4.69, 9.17) is 5.73 Å². The van der Waals surface area contributed by atoms with Gasteiger partial charge in [-0.1, -0.05) is 25.6 Å². The summed E-state index contributed by atoms with van der Waals surface area (Å²) in [6.45, 7) is 7.90. The molecule has 6 nitrogen and oxygen atoms in total. The van der Waals surface area contributed by atoms with E-state index in [2.05, 4.69) is 15.3 Å². The van der Waals surface area contributed by atoms with Gasteiger partial charge in [0.1, 0.15) is 16.2 Å². The number of thioether (sulfide) groups is 1. The van der Waals surface area contributed by atoms with Crippen LogP contribution >= 0.6 is 23.1 Å². The number of carbonyl (C=O) groups is 2. The number of hydrogen-bond donors (Lipinski definition) is 2. The molecule has 0 saturated heterocycles. The third kappa shape index (κ3) is 3.38. The molecular formula is C14H18N4O2S2. The Morgan fingerprint density at radius 3 is 2.59 bits per heavy atom. The van der Waals surface area contributed by atoms with Crippen molar-refractivity contribution in [3.05, 3.63) is 16.8 Å². The van der Waals surface area contributed by atoms with Crippen LogP contribution in [0.3, 0.4) is 0 Å². The predicted octanol–water partition coefficient (Wildman–Crippen LogP) is 2.62. The molecule has 1 atom stereocenters. The first-order chi connectivity index (χ1) is 10.3. The average Bonchev–Trinajstić information content (AvgIpc) is 2.71. The molecule has 3 N–H and O–H groups in total. The van der Waals surface area contributed by atoms with Gasteiger partial charge in [-0.3, -0.25) is 10.1 Å². The fourth-order valence-corrected chi connectivity index (χ4v) is 4.26. The zero-order valence-electron chi connectivity index (χ0n) is 12.8. The summed E-state index contributed by atoms with van der Waals surface area (Å²) in [7, 11) is 0. The number of urea groups is 1. The van der Waals surface area contributed by atoms with Crippen LogP contribution in [0.15, 0.2) is 11.4 Å². The Balaban J connectivity index is 2.38. The third-order valence-electron chi connectivity index (χ3n) is 3.28. The largest absolute Gasteiger partial charge is 0.351 e. The van der Waals surface area contributed by atoms with Crippen LogP contribution in [-0.4, -0.2) is 27.2 Å². The maximum absolute atomic E-state index is 12.2. The SMILES string of the molecule is Cc1sc2ncnc(S[C@H](C(=O)NC(N)=O)C(C)C)c2c1C. The van der Waals surface area contributed by atoms with Gasteiger partial charge in [0.2, 0.25) is 5.91 Å². The molecule has 0 unspecified atom stereocenters. The van der Waals surface area contributed by atoms with Crippen molar-refractivity contribution in [2.24, 2.45) is 11.7 Å². The number of nitrogens with zero attached hydrogens (tertiary/aromatic N) is 2. The molecule has 0 fully saturated rings. The van der Waals surface area contributed by atoms with Crippen molar-refractivity contribution in [1.82, 2.24) is 15.3 Å². The van der Waals surface area contributed by atoms with Crippen molar-refractivity contribution in [3.63, 3.8) is 0 Å². The molecule has 2 heterocycles. The first kappa shape index (κ1) is 16.7. The van der Waals surface area contributed by atoms with Crippen molar-refractivity contribution in [2.75, 3.05) is 0 Å². The van der Waals surface area contributed by atoms with Gasteiger partial charge < -0.3 is 5.73 Å². The van der Waals surface area contributed by atoms with E-state index in [1.807, 2.05) is 27.7 Å². The highest BCUT2D eigenvalue weighted by Gasteiger charge is 2.26. The summed E-state index contributed by atoms with van der Waals surface area (Å²) in [6, 6.07) is -0.841. The molecule has 2 rings (SSSR count). The number of hydrogen-bond acceptors (Lipinski definition) is 6. The van der Waals surface area contributed by atoms with Crippen LogP contribution in [0.4, 0.5) is 4.79 Å². The van der Waals surface area contributed by atoms with E-state index in [-0.39, 0.29) is 5.92 Å². The van der Waals surface area contributed by atoms with Gasteiger partial charge in [0.25, 0.3) is 0 Å². The van der Waals surface area contributed by atoms with Gasteiger partial charge in [-0.15, -0.1) is 11.3 Å². The second-order valence-corrected chi connectivity index (χ2v) is 7.61. The number of thiophene rings is 1. The average molecular weight is 338 g/mol. The molecule has 0 saturated carbocycles. The number of carbonyl (C=O) groups excluding carboxylic acids is 2. The molecule has 0 bridgehead atoms. The smallest absolute Gasteiger partial charge is 0.318 e. The molecule has 118 valence electrons. The Labute approximate surface area is 136 Å². The Kier molecular flexibility index (Phi) is 5.02. The van der Waals surface area contributed by atoms with Gasteiger partial charge in [-0.25, -0.2) is 14.8 Å². The zero-order chi connectivity index (χ0) is 16.4. The summed E-state index contributed by atoms with van der Waals surface area (Å²) in [4.78, 5) is 33.8. The van der Waals surface area contributed by atoms with Gasteiger partial charge >= 0.3 is 6.03 Å². The van der Waals surface area contributed by atoms with Gasteiger partial charge in [-0.05, 0) is 25.3 Å². The number of amides is 3. The molecule has 0 radical (unpaired) electrons. The first-order valence-electron chi connectivity index (χ1n) is 6.79. The van der Waals surface area contributed by atoms with Crippen LogP contribution in [0.5, 0.6) is 0 Å². The standard InChI is InChI=1S/C14H18N4O2S2/c1-6(2)10(11(19)18-14(15)20)22-13-9-7(3)8(4)21-12(9)16-5-17-13/h5-6,10H,1-4H3,(H3,15,18,19,20)/t10-/m0/s1. The van der Waals surface area contributed by atoms with Gasteiger partial charge in [-0.2, -0.15) is 0 Å². The number of nitrogens with two attached hydrogens (primary N) is 1. The van der Waals surface area contributed by atoms with Crippen LogP contribution in [0, 0.1) is 19.8 Å². The second-order valence-electron chi connectivity index (χ2n) is 5.28. The number of fused-ring (bicyclic) bond motifs is 1. The molecule has 0 aliphatic carbocycles. The van der Waals surface area contributed by atoms with Crippen molar-refractivity contribution in [3.8, 4) is 0 Å². The van der Waals surface area contributed by atoms with Crippen LogP contribution < -0.4 is 11.1 Å². The quantitative estimate of drug-likeness (QED) is 0.659. The fraction of sp³-hybridized carbons (Fsp3) is 0.429. The van der Waals surface area contributed by atoms with E-state index < -0.39 is 17.2 Å². The first-order valence-corrected chi connectivity index (χ1v) is 8.48. The number of nitrogens with one attached hydrogen (secondary N) is 1. The fourth-order valence-electron chi connectivity index (χ4n) is 2.04. The van der Waals surface area contributed by atoms with Gasteiger partial charge in [0.05, 0.1) is 5.25 Å². The summed E-state index contributed by atoms with van der Waals surface area (Å²) >= 11 is 2.95. The zero-order valence-corrected chi connectivity index (χ0v) is 14.5. The minimum absolute atomic E-state index is 0.0226. The molecule has 0 spiro atoms. The maximum Gasteiger partial charge on any atom is 0.318 e. The lowest BCUT2D eigenvalue weighted by Gasteiger charge is -2.18. The summed E-state index contributed by atoms with van der Waals surface area (Å²) in [6.07, 6.45) is 1.50. The van der Waals surface area contributed by atoms with Gasteiger partial charge in [0.15, 0.2) is 0 Å². The van der Waals surface area contributed by atoms with E-state index >= 15 is 0 Å². The second kappa shape index (κ2) is 6.62. The summed E-state index contributed by atoms with van der Waals surface area (Å²) in [5.41, 5.74) is 6.16. The molecular weight excluding hydrogens is 320 g/mol. The maximum atomic E-state index is 12.2. The van der Waals surface area contributed by atoms with E-state index in [1.54, 1.807) is 11.3 Å². The van der Waals surface area contributed by atoms with E-state index in [9.17, 15) is 9.59 Å². The van der Waals surface area contributed by atoms with E-state index in [0.29, 0.717) is 0 Å². The Morgan fingerprint density at radius 2 is 2.00 bits per heavy atom. The highest BCUT2D eigenvalue weighted by atomic mass is 32.2. The molecule has 0 aliphatic heterocycles. The normalized spacial score (nSPS) is 12.6. The highest BCUT2D eigenvalue weighted by Crippen LogP contribution is 2.37. The topological polar surface area (TPSA) is 98.0 Å². The monoisotopic (exact) mass is 338 g/mol. The number of imide groups is 1. The Morgan fingerprint density at radius 1 is 1.32 bits per heavy atom. The minimum atomic E-state index is -0.841. The molecule has 8 heteroatoms. The van der Waals surface area contributed by atoms with Crippen LogP contribution in [0.1, 0.15) is 24.3 Å². The lowest BCUT2D eigenvalue weighted by Crippen LogP contribution is -2.42. The molecule has 2 aromatic rings. The molecule has 0 aromatic carbocycles. The predicted molar refractivity (Wildman–Crippen MR) is 89.1 cm³/mol. The van der Waals surface area contributed by atoms with Crippen molar-refractivity contribution >= 4 is 45.3 Å². The Hall–Kier alpha value is -1.67. The lowest BCUT2D eigenvalue weighted by atomic mass is 10.1. The van der Waals surface area contributed by atoms with Crippen LogP contribution in [0.25, 0.3) is 10.2 Å². The molecule has 2 aromatic heterocycles. The van der Waals surface area contributed by atoms with Crippen LogP contribution in [-0.2, 0) is 4.79 Å². The van der Waals surface area contributed by atoms with Crippen LogP contribution in [0.2, 0.25) is 0 Å². The number of primary amides is 1. The summed E-state index contributed by atoms with van der Waals surface area (Å²) in [5, 5.41) is 3.43. The van der Waals surface area contributed by atoms with Crippen molar-refractivity contribution in [2.45, 2.75) is 38.0 Å². The van der Waals surface area contributed by atoms with Crippen molar-refractivity contribution in [1.29, 1.82) is 0 Å². The van der Waals surface area contributed by atoms with Crippen molar-refractivity contribution < 1.29 is 9.59 Å². The molecule has 0 aliphatic rings. The van der Waals surface area contributed by atoms with E-state index in [1.165, 1.54) is 23.0 Å². The third-order valence-corrected chi connectivity index (χ3v) is 5.94.